The van der Waals surface area contributed by atoms with Crippen LogP contribution in [0.15, 0.2) is 35.3 Å². The third-order valence-corrected chi connectivity index (χ3v) is 4.17. The van der Waals surface area contributed by atoms with Crippen LogP contribution in [-0.2, 0) is 0 Å². The van der Waals surface area contributed by atoms with E-state index in [1.165, 1.54) is 5.56 Å². The summed E-state index contributed by atoms with van der Waals surface area (Å²) < 4.78 is 0.905. The summed E-state index contributed by atoms with van der Waals surface area (Å²) in [6.45, 7) is 3.27. The van der Waals surface area contributed by atoms with Gasteiger partial charge >= 0.3 is 0 Å². The van der Waals surface area contributed by atoms with Gasteiger partial charge in [0.1, 0.15) is 11.9 Å². The van der Waals surface area contributed by atoms with Crippen LogP contribution in [0.3, 0.4) is 0 Å². The molecule has 1 atom stereocenters. The van der Waals surface area contributed by atoms with E-state index in [0.29, 0.717) is 11.9 Å². The molecule has 0 aliphatic carbocycles. The second-order valence-electron chi connectivity index (χ2n) is 6.51. The topological polar surface area (TPSA) is 65.5 Å². The monoisotopic (exact) mass is 304 g/mol. The van der Waals surface area contributed by atoms with E-state index >= 15 is 0 Å². The number of rotatable bonds is 6. The van der Waals surface area contributed by atoms with Crippen molar-refractivity contribution < 1.29 is 4.48 Å². The molecule has 0 aliphatic heterocycles. The zero-order chi connectivity index (χ0) is 16.8. The number of aliphatic imine (C=N–C) groups is 1. The first-order valence-corrected chi connectivity index (χ1v) is 7.70. The van der Waals surface area contributed by atoms with Gasteiger partial charge < -0.3 is 15.1 Å². The van der Waals surface area contributed by atoms with Gasteiger partial charge in [-0.1, -0.05) is 30.3 Å². The SMILES string of the molecule is CC(c1ccccc1)[N+](C)(C)CCCC(N)=NC(=N)N(C)C. The molecule has 5 heteroatoms. The Hall–Kier alpha value is -1.88. The number of quaternary nitrogens is 1. The molecule has 5 nitrogen and oxygen atoms in total. The molecule has 0 amide bonds. The number of amidine groups is 1. The molecule has 122 valence electrons. The first-order valence-electron chi connectivity index (χ1n) is 7.70. The highest BCUT2D eigenvalue weighted by Crippen LogP contribution is 2.24. The van der Waals surface area contributed by atoms with Gasteiger partial charge in [-0.15, -0.1) is 0 Å². The molecule has 0 bridgehead atoms. The highest BCUT2D eigenvalue weighted by atomic mass is 15.3. The maximum absolute atomic E-state index is 7.67. The third kappa shape index (κ3) is 5.48. The number of hydrogen-bond acceptors (Lipinski definition) is 1. The van der Waals surface area contributed by atoms with E-state index in [4.69, 9.17) is 11.1 Å². The van der Waals surface area contributed by atoms with Gasteiger partial charge in [0.25, 0.3) is 0 Å². The maximum atomic E-state index is 7.67. The van der Waals surface area contributed by atoms with Crippen molar-refractivity contribution in [1.82, 2.24) is 4.90 Å². The van der Waals surface area contributed by atoms with Crippen LogP contribution < -0.4 is 5.73 Å². The van der Waals surface area contributed by atoms with Crippen LogP contribution in [0.4, 0.5) is 0 Å². The number of hydrogen-bond donors (Lipinski definition) is 2. The molecule has 1 unspecified atom stereocenters. The van der Waals surface area contributed by atoms with E-state index in [9.17, 15) is 0 Å². The lowest BCUT2D eigenvalue weighted by Gasteiger charge is -2.36. The Bertz CT molecular complexity index is 505. The van der Waals surface area contributed by atoms with Gasteiger partial charge in [0.05, 0.1) is 20.6 Å². The van der Waals surface area contributed by atoms with Gasteiger partial charge in [0.15, 0.2) is 0 Å². The maximum Gasteiger partial charge on any atom is 0.218 e. The lowest BCUT2D eigenvalue weighted by molar-refractivity contribution is -0.919. The fourth-order valence-electron chi connectivity index (χ4n) is 2.29. The highest BCUT2D eigenvalue weighted by molar-refractivity contribution is 5.93. The number of nitrogens with two attached hydrogens (primary N) is 1. The Balaban J connectivity index is 2.54. The molecule has 0 heterocycles. The van der Waals surface area contributed by atoms with Crippen LogP contribution in [0.5, 0.6) is 0 Å². The Labute approximate surface area is 134 Å². The smallest absolute Gasteiger partial charge is 0.218 e. The molecule has 1 aromatic rings. The molecule has 1 aromatic carbocycles. The van der Waals surface area contributed by atoms with Crippen molar-refractivity contribution in [2.75, 3.05) is 34.7 Å². The normalized spacial score (nSPS) is 13.8. The Kier molecular flexibility index (Phi) is 6.56. The molecular weight excluding hydrogens is 274 g/mol. The number of nitrogens with zero attached hydrogens (tertiary/aromatic N) is 3. The molecule has 3 N–H and O–H groups in total. The van der Waals surface area contributed by atoms with Crippen LogP contribution >= 0.6 is 0 Å². The molecule has 1 rings (SSSR count). The summed E-state index contributed by atoms with van der Waals surface area (Å²) in [4.78, 5) is 5.74. The molecule has 0 saturated heterocycles. The van der Waals surface area contributed by atoms with Crippen molar-refractivity contribution in [3.05, 3.63) is 35.9 Å². The predicted octanol–water partition coefficient (Wildman–Crippen LogP) is 2.46. The molecule has 22 heavy (non-hydrogen) atoms. The summed E-state index contributed by atoms with van der Waals surface area (Å²) in [7, 11) is 8.07. The van der Waals surface area contributed by atoms with Crippen molar-refractivity contribution in [2.45, 2.75) is 25.8 Å². The number of nitrogens with one attached hydrogen (secondary N) is 1. The second-order valence-corrected chi connectivity index (χ2v) is 6.51. The van der Waals surface area contributed by atoms with E-state index in [1.54, 1.807) is 19.0 Å². The largest absolute Gasteiger partial charge is 0.387 e. The van der Waals surface area contributed by atoms with E-state index in [0.717, 1.165) is 23.9 Å². The minimum Gasteiger partial charge on any atom is -0.387 e. The van der Waals surface area contributed by atoms with E-state index in [2.05, 4.69) is 50.3 Å². The summed E-state index contributed by atoms with van der Waals surface area (Å²) in [5, 5.41) is 7.67. The van der Waals surface area contributed by atoms with Crippen LogP contribution in [0.25, 0.3) is 0 Å². The number of guanidine groups is 1. The lowest BCUT2D eigenvalue weighted by atomic mass is 10.1. The van der Waals surface area contributed by atoms with Crippen molar-refractivity contribution in [3.8, 4) is 0 Å². The summed E-state index contributed by atoms with van der Waals surface area (Å²) in [6, 6.07) is 11.0. The summed E-state index contributed by atoms with van der Waals surface area (Å²) >= 11 is 0. The third-order valence-electron chi connectivity index (χ3n) is 4.17. The standard InChI is InChI=1S/C17H30N5/c1-14(15-10-7-6-8-11-15)22(4,5)13-9-12-16(18)20-17(19)21(2)3/h6-8,10-11,14H,9,12-13H2,1-5H3,(H3,18,19,20)/q+1. The van der Waals surface area contributed by atoms with Gasteiger partial charge in [0, 0.05) is 32.5 Å². The van der Waals surface area contributed by atoms with Gasteiger partial charge in [-0.3, -0.25) is 5.41 Å². The summed E-state index contributed by atoms with van der Waals surface area (Å²) in [5.74, 6) is 0.731. The zero-order valence-electron chi connectivity index (χ0n) is 14.5. The van der Waals surface area contributed by atoms with Crippen LogP contribution in [-0.4, -0.2) is 55.9 Å². The molecule has 0 aliphatic rings. The van der Waals surface area contributed by atoms with Gasteiger partial charge in [0.2, 0.25) is 5.96 Å². The van der Waals surface area contributed by atoms with Gasteiger partial charge in [-0.05, 0) is 6.92 Å². The second kappa shape index (κ2) is 7.94. The predicted molar refractivity (Wildman–Crippen MR) is 94.1 cm³/mol. The van der Waals surface area contributed by atoms with E-state index in [1.807, 2.05) is 6.07 Å². The van der Waals surface area contributed by atoms with E-state index < -0.39 is 0 Å². The zero-order valence-corrected chi connectivity index (χ0v) is 14.5. The van der Waals surface area contributed by atoms with Gasteiger partial charge in [-0.25, -0.2) is 4.99 Å². The fourth-order valence-corrected chi connectivity index (χ4v) is 2.29. The van der Waals surface area contributed by atoms with Crippen molar-refractivity contribution in [1.29, 1.82) is 5.41 Å². The summed E-state index contributed by atoms with van der Waals surface area (Å²) in [5.41, 5.74) is 7.26. The van der Waals surface area contributed by atoms with Crippen LogP contribution in [0.1, 0.15) is 31.4 Å². The Morgan fingerprint density at radius 3 is 2.41 bits per heavy atom. The first-order chi connectivity index (χ1) is 10.2. The van der Waals surface area contributed by atoms with Crippen LogP contribution in [0, 0.1) is 5.41 Å². The number of benzene rings is 1. The summed E-state index contributed by atoms with van der Waals surface area (Å²) in [6.07, 6.45) is 1.68. The van der Waals surface area contributed by atoms with Gasteiger partial charge in [-0.2, -0.15) is 0 Å². The minimum absolute atomic E-state index is 0.198. The molecule has 0 saturated carbocycles. The lowest BCUT2D eigenvalue weighted by Crippen LogP contribution is -2.43. The minimum atomic E-state index is 0.198. The average Bonchev–Trinajstić information content (AvgIpc) is 2.46. The van der Waals surface area contributed by atoms with E-state index in [-0.39, 0.29) is 5.96 Å². The fraction of sp³-hybridized carbons (Fsp3) is 0.529. The average molecular weight is 304 g/mol. The van der Waals surface area contributed by atoms with Crippen molar-refractivity contribution in [3.63, 3.8) is 0 Å². The first kappa shape index (κ1) is 18.2. The molecule has 0 spiro atoms. The molecule has 0 fully saturated rings. The molecular formula is C17H30N5+. The molecule has 0 aromatic heterocycles. The van der Waals surface area contributed by atoms with Crippen molar-refractivity contribution in [2.24, 2.45) is 10.7 Å². The Morgan fingerprint density at radius 1 is 1.27 bits per heavy atom. The Morgan fingerprint density at radius 2 is 1.86 bits per heavy atom. The van der Waals surface area contributed by atoms with Crippen LogP contribution in [0.2, 0.25) is 0 Å². The quantitative estimate of drug-likeness (QED) is 0.482. The molecule has 0 radical (unpaired) electrons. The van der Waals surface area contributed by atoms with Crippen molar-refractivity contribution >= 4 is 11.8 Å². The highest BCUT2D eigenvalue weighted by Gasteiger charge is 2.24.